The van der Waals surface area contributed by atoms with Gasteiger partial charge in [-0.05, 0) is 12.5 Å². The molecule has 1 saturated heterocycles. The van der Waals surface area contributed by atoms with E-state index in [0.717, 1.165) is 18.7 Å². The van der Waals surface area contributed by atoms with Gasteiger partial charge < -0.3 is 10.1 Å². The van der Waals surface area contributed by atoms with Crippen LogP contribution >= 0.6 is 0 Å². The van der Waals surface area contributed by atoms with Crippen molar-refractivity contribution in [2.45, 2.75) is 13.0 Å². The van der Waals surface area contributed by atoms with Gasteiger partial charge in [0.2, 0.25) is 5.91 Å². The van der Waals surface area contributed by atoms with Crippen LogP contribution in [0.2, 0.25) is 0 Å². The zero-order valence-corrected chi connectivity index (χ0v) is 9.16. The Morgan fingerprint density at radius 1 is 1.40 bits per heavy atom. The Hall–Kier alpha value is -1.29. The van der Waals surface area contributed by atoms with Gasteiger partial charge in [0, 0.05) is 13.1 Å². The summed E-state index contributed by atoms with van der Waals surface area (Å²) in [6.07, 6.45) is 0. The largest absolute Gasteiger partial charge is 0.353 e. The summed E-state index contributed by atoms with van der Waals surface area (Å²) < 4.78 is 0. The average Bonchev–Trinajstić information content (AvgIpc) is 2.20. The van der Waals surface area contributed by atoms with Crippen LogP contribution in [0.3, 0.4) is 0 Å². The number of hydrogen-bond donors (Lipinski definition) is 1. The topological polar surface area (TPSA) is 32.3 Å². The Morgan fingerprint density at radius 3 is 2.67 bits per heavy atom. The van der Waals surface area contributed by atoms with E-state index in [9.17, 15) is 4.79 Å². The highest BCUT2D eigenvalue weighted by molar-refractivity contribution is 6.07. The first-order valence-electron chi connectivity index (χ1n) is 5.23. The van der Waals surface area contributed by atoms with Crippen LogP contribution in [0.15, 0.2) is 24.3 Å². The van der Waals surface area contributed by atoms with Crippen molar-refractivity contribution in [1.82, 2.24) is 10.1 Å². The van der Waals surface area contributed by atoms with Gasteiger partial charge in [-0.3, -0.25) is 4.79 Å². The first-order valence-corrected chi connectivity index (χ1v) is 5.23. The van der Waals surface area contributed by atoms with Crippen LogP contribution in [0.4, 0.5) is 0 Å². The van der Waals surface area contributed by atoms with Crippen LogP contribution in [0, 0.1) is 6.92 Å². The van der Waals surface area contributed by atoms with E-state index in [0.29, 0.717) is 0 Å². The van der Waals surface area contributed by atoms with Gasteiger partial charge in [0.05, 0.1) is 0 Å². The zero-order valence-electron chi connectivity index (χ0n) is 9.16. The maximum Gasteiger partial charge on any atom is 0.240 e. The molecule has 3 nitrogen and oxygen atoms in total. The minimum Gasteiger partial charge on any atom is -0.353 e. The summed E-state index contributed by atoms with van der Waals surface area (Å²) in [7, 11) is 1.99. The minimum atomic E-state index is -0.126. The monoisotopic (exact) mass is 202 g/mol. The van der Waals surface area contributed by atoms with Crippen molar-refractivity contribution in [3.8, 4) is 0 Å². The lowest BCUT2D eigenvalue weighted by molar-refractivity contribution is -0.126. The Bertz CT molecular complexity index is 363. The smallest absolute Gasteiger partial charge is 0.240 e. The molecule has 1 amide bonds. The van der Waals surface area contributed by atoms with E-state index in [1.165, 1.54) is 5.56 Å². The van der Waals surface area contributed by atoms with Crippen molar-refractivity contribution in [2.24, 2.45) is 0 Å². The molecule has 1 aromatic carbocycles. The molecule has 4 heteroatoms. The maximum absolute atomic E-state index is 11.7. The molecule has 0 spiro atoms. The Kier molecular flexibility index (Phi) is 2.78. The van der Waals surface area contributed by atoms with E-state index < -0.39 is 0 Å². The summed E-state index contributed by atoms with van der Waals surface area (Å²) in [5.74, 6) is 0.104. The Labute approximate surface area is 90.9 Å². The number of carbonyl (C=O) groups excluding carboxylic acids is 1. The van der Waals surface area contributed by atoms with E-state index in [1.54, 1.807) is 0 Å². The average molecular weight is 202 g/mol. The molecule has 0 aromatic heterocycles. The molecule has 0 aliphatic carbocycles. The molecule has 15 heavy (non-hydrogen) atoms. The van der Waals surface area contributed by atoms with Crippen molar-refractivity contribution in [3.05, 3.63) is 35.4 Å². The van der Waals surface area contributed by atoms with Crippen molar-refractivity contribution >= 4 is 13.9 Å². The minimum absolute atomic E-state index is 0.104. The molecule has 1 heterocycles. The predicted octanol–water partition coefficient (Wildman–Crippen LogP) is 0.0160. The van der Waals surface area contributed by atoms with Crippen LogP contribution in [0.1, 0.15) is 17.2 Å². The van der Waals surface area contributed by atoms with E-state index in [2.05, 4.69) is 17.1 Å². The van der Waals surface area contributed by atoms with Gasteiger partial charge in [-0.25, -0.2) is 0 Å². The molecule has 1 aliphatic heterocycles. The van der Waals surface area contributed by atoms with Gasteiger partial charge in [-0.2, -0.15) is 0 Å². The summed E-state index contributed by atoms with van der Waals surface area (Å²) >= 11 is 0. The molecule has 0 radical (unpaired) electrons. The quantitative estimate of drug-likeness (QED) is 0.651. The molecular weight excluding hydrogens is 187 g/mol. The molecule has 1 aromatic rings. The summed E-state index contributed by atoms with van der Waals surface area (Å²) in [6.45, 7) is 3.70. The van der Waals surface area contributed by atoms with Gasteiger partial charge in [0.15, 0.2) is 7.98 Å². The fourth-order valence-corrected chi connectivity index (χ4v) is 1.94. The molecule has 0 saturated carbocycles. The highest BCUT2D eigenvalue weighted by Crippen LogP contribution is 2.21. The SMILES string of the molecule is BN1CCNC(=O)C1c1ccc(C)cc1. The third kappa shape index (κ3) is 2.05. The molecule has 1 atom stereocenters. The number of piperazine rings is 1. The van der Waals surface area contributed by atoms with Gasteiger partial charge in [-0.15, -0.1) is 0 Å². The number of nitrogens with one attached hydrogen (secondary N) is 1. The molecular formula is C11H15BN2O. The molecule has 2 rings (SSSR count). The highest BCUT2D eigenvalue weighted by atomic mass is 16.2. The van der Waals surface area contributed by atoms with Gasteiger partial charge in [0.1, 0.15) is 6.04 Å². The summed E-state index contributed by atoms with van der Waals surface area (Å²) in [6, 6.07) is 8.03. The van der Waals surface area contributed by atoms with Crippen molar-refractivity contribution < 1.29 is 4.79 Å². The number of carbonyl (C=O) groups is 1. The standard InChI is InChI=1S/C11H15BN2O/c1-8-2-4-9(5-3-8)10-11(15)13-6-7-14(10)12/h2-5,10H,6-7,12H2,1H3,(H,13,15). The van der Waals surface area contributed by atoms with E-state index >= 15 is 0 Å². The first kappa shape index (κ1) is 10.2. The predicted molar refractivity (Wildman–Crippen MR) is 62.2 cm³/mol. The lowest BCUT2D eigenvalue weighted by Gasteiger charge is -2.32. The second kappa shape index (κ2) is 4.07. The van der Waals surface area contributed by atoms with E-state index in [1.807, 2.05) is 32.2 Å². The highest BCUT2D eigenvalue weighted by Gasteiger charge is 2.27. The van der Waals surface area contributed by atoms with Crippen LogP contribution in [0.5, 0.6) is 0 Å². The molecule has 1 unspecified atom stereocenters. The zero-order chi connectivity index (χ0) is 10.8. The van der Waals surface area contributed by atoms with Crippen LogP contribution in [-0.4, -0.2) is 31.8 Å². The van der Waals surface area contributed by atoms with Crippen LogP contribution in [-0.2, 0) is 4.79 Å². The first-order chi connectivity index (χ1) is 7.18. The normalized spacial score (nSPS) is 22.5. The molecule has 0 bridgehead atoms. The number of aryl methyl sites for hydroxylation is 1. The van der Waals surface area contributed by atoms with Gasteiger partial charge >= 0.3 is 0 Å². The van der Waals surface area contributed by atoms with E-state index in [4.69, 9.17) is 0 Å². The number of amides is 1. The number of rotatable bonds is 1. The van der Waals surface area contributed by atoms with Crippen molar-refractivity contribution in [2.75, 3.05) is 13.1 Å². The van der Waals surface area contributed by atoms with Crippen LogP contribution in [0.25, 0.3) is 0 Å². The van der Waals surface area contributed by atoms with Gasteiger partial charge in [-0.1, -0.05) is 29.8 Å². The van der Waals surface area contributed by atoms with E-state index in [-0.39, 0.29) is 11.9 Å². The lowest BCUT2D eigenvalue weighted by Crippen LogP contribution is -2.48. The fourth-order valence-electron chi connectivity index (χ4n) is 1.94. The molecule has 1 fully saturated rings. The summed E-state index contributed by atoms with van der Waals surface area (Å²) in [5.41, 5.74) is 2.29. The number of hydrogen-bond acceptors (Lipinski definition) is 2. The summed E-state index contributed by atoms with van der Waals surface area (Å²) in [5, 5.41) is 2.90. The maximum atomic E-state index is 11.7. The third-order valence-corrected chi connectivity index (χ3v) is 2.85. The summed E-state index contributed by atoms with van der Waals surface area (Å²) in [4.78, 5) is 13.8. The van der Waals surface area contributed by atoms with Crippen molar-refractivity contribution in [1.29, 1.82) is 0 Å². The lowest BCUT2D eigenvalue weighted by atomic mass is 9.98. The van der Waals surface area contributed by atoms with Crippen LogP contribution < -0.4 is 5.32 Å². The number of nitrogens with zero attached hydrogens (tertiary/aromatic N) is 1. The number of benzene rings is 1. The Balaban J connectivity index is 2.27. The fraction of sp³-hybridized carbons (Fsp3) is 0.364. The Morgan fingerprint density at radius 2 is 2.07 bits per heavy atom. The molecule has 1 N–H and O–H groups in total. The molecule has 1 aliphatic rings. The second-order valence-electron chi connectivity index (χ2n) is 4.08. The van der Waals surface area contributed by atoms with Crippen molar-refractivity contribution in [3.63, 3.8) is 0 Å². The van der Waals surface area contributed by atoms with Gasteiger partial charge in [0.25, 0.3) is 0 Å². The molecule has 78 valence electrons. The third-order valence-electron chi connectivity index (χ3n) is 2.85. The second-order valence-corrected chi connectivity index (χ2v) is 4.08.